The normalized spacial score (nSPS) is 18.4. The molecule has 1 aromatic heterocycles. The first-order valence-electron chi connectivity index (χ1n) is 9.53. The number of aromatic nitrogens is 3. The lowest BCUT2D eigenvalue weighted by atomic mass is 9.91. The molecule has 0 fully saturated rings. The number of hydrogen-bond donors (Lipinski definition) is 0. The van der Waals surface area contributed by atoms with Crippen LogP contribution < -0.4 is 9.64 Å². The Morgan fingerprint density at radius 2 is 1.69 bits per heavy atom. The second-order valence-electron chi connectivity index (χ2n) is 7.15. The maximum Gasteiger partial charge on any atom is 0.255 e. The summed E-state index contributed by atoms with van der Waals surface area (Å²) in [6.07, 6.45) is 2.18. The number of amides is 1. The highest BCUT2D eigenvalue weighted by Gasteiger charge is 2.39. The van der Waals surface area contributed by atoms with Crippen molar-refractivity contribution >= 4 is 11.9 Å². The maximum atomic E-state index is 12.9. The molecule has 0 unspecified atom stereocenters. The molecular formula is C22H24N4O3. The van der Waals surface area contributed by atoms with E-state index in [2.05, 4.69) is 41.3 Å². The molecule has 0 saturated carbocycles. The molecule has 2 heterocycles. The number of nitrogens with zero attached hydrogens (tertiary/aromatic N) is 4. The van der Waals surface area contributed by atoms with Crippen LogP contribution in [0.25, 0.3) is 0 Å². The fourth-order valence-electron chi connectivity index (χ4n) is 3.85. The van der Waals surface area contributed by atoms with Gasteiger partial charge in [-0.05, 0) is 36.6 Å². The summed E-state index contributed by atoms with van der Waals surface area (Å²) < 4.78 is 12.2. The quantitative estimate of drug-likeness (QED) is 0.666. The van der Waals surface area contributed by atoms with Crippen LogP contribution in [0.3, 0.4) is 0 Å². The summed E-state index contributed by atoms with van der Waals surface area (Å²) in [4.78, 5) is 19.1. The minimum Gasteiger partial charge on any atom is -0.497 e. The van der Waals surface area contributed by atoms with E-state index in [4.69, 9.17) is 9.47 Å². The van der Waals surface area contributed by atoms with E-state index in [0.29, 0.717) is 12.4 Å². The topological polar surface area (TPSA) is 69.5 Å². The van der Waals surface area contributed by atoms with Crippen molar-refractivity contribution in [1.29, 1.82) is 0 Å². The van der Waals surface area contributed by atoms with Gasteiger partial charge in [-0.3, -0.25) is 9.69 Å². The highest BCUT2D eigenvalue weighted by Crippen LogP contribution is 2.42. The van der Waals surface area contributed by atoms with E-state index in [1.165, 1.54) is 19.0 Å². The molecule has 0 bridgehead atoms. The molecular weight excluding hydrogens is 368 g/mol. The van der Waals surface area contributed by atoms with Gasteiger partial charge in [0.15, 0.2) is 0 Å². The van der Waals surface area contributed by atoms with E-state index < -0.39 is 0 Å². The molecule has 1 aliphatic rings. The first-order chi connectivity index (χ1) is 14.1. The van der Waals surface area contributed by atoms with Gasteiger partial charge >= 0.3 is 0 Å². The predicted octanol–water partition coefficient (Wildman–Crippen LogP) is 3.31. The second-order valence-corrected chi connectivity index (χ2v) is 7.15. The molecule has 0 N–H and O–H groups in total. The van der Waals surface area contributed by atoms with Crippen LogP contribution in [0.15, 0.2) is 54.9 Å². The number of aryl methyl sites for hydroxylation is 1. The molecule has 7 nitrogen and oxygen atoms in total. The third kappa shape index (κ3) is 3.61. The molecule has 2 atom stereocenters. The van der Waals surface area contributed by atoms with Crippen molar-refractivity contribution in [2.45, 2.75) is 25.4 Å². The fourth-order valence-corrected chi connectivity index (χ4v) is 3.85. The Kier molecular flexibility index (Phi) is 5.31. The number of carbonyl (C=O) groups excluding carboxylic acids is 1. The average Bonchev–Trinajstić information content (AvgIpc) is 3.23. The van der Waals surface area contributed by atoms with Gasteiger partial charge in [-0.25, -0.2) is 4.68 Å². The Hall–Kier alpha value is -3.19. The summed E-state index contributed by atoms with van der Waals surface area (Å²) in [6.45, 7) is 2.05. The van der Waals surface area contributed by atoms with Gasteiger partial charge in [0.25, 0.3) is 5.91 Å². The SMILES string of the molecule is COCC(=O)N1c2ncnn2[C@H](c2ccc(C)cc2)C[C@H]1c1ccc(OC)cc1. The number of anilines is 1. The van der Waals surface area contributed by atoms with E-state index in [1.807, 2.05) is 28.9 Å². The predicted molar refractivity (Wildman–Crippen MR) is 109 cm³/mol. The largest absolute Gasteiger partial charge is 0.497 e. The zero-order chi connectivity index (χ0) is 20.4. The van der Waals surface area contributed by atoms with Crippen molar-refractivity contribution in [2.24, 2.45) is 0 Å². The zero-order valence-corrected chi connectivity index (χ0v) is 16.8. The van der Waals surface area contributed by atoms with Crippen LogP contribution in [-0.2, 0) is 9.53 Å². The first-order valence-corrected chi connectivity index (χ1v) is 9.53. The lowest BCUT2D eigenvalue weighted by molar-refractivity contribution is -0.123. The number of carbonyl (C=O) groups is 1. The number of rotatable bonds is 5. The van der Waals surface area contributed by atoms with Gasteiger partial charge in [0, 0.05) is 7.11 Å². The lowest BCUT2D eigenvalue weighted by Gasteiger charge is -2.39. The van der Waals surface area contributed by atoms with Gasteiger partial charge < -0.3 is 9.47 Å². The molecule has 29 heavy (non-hydrogen) atoms. The Morgan fingerprint density at radius 3 is 2.34 bits per heavy atom. The smallest absolute Gasteiger partial charge is 0.255 e. The third-order valence-corrected chi connectivity index (χ3v) is 5.32. The monoisotopic (exact) mass is 392 g/mol. The minimum atomic E-state index is -0.188. The van der Waals surface area contributed by atoms with E-state index in [9.17, 15) is 4.79 Å². The molecule has 0 spiro atoms. The zero-order valence-electron chi connectivity index (χ0n) is 16.8. The van der Waals surface area contributed by atoms with Crippen LogP contribution in [0, 0.1) is 6.92 Å². The number of ether oxygens (including phenoxy) is 2. The molecule has 0 saturated heterocycles. The number of fused-ring (bicyclic) bond motifs is 1. The van der Waals surface area contributed by atoms with Crippen molar-refractivity contribution in [3.63, 3.8) is 0 Å². The van der Waals surface area contributed by atoms with Crippen molar-refractivity contribution < 1.29 is 14.3 Å². The van der Waals surface area contributed by atoms with Gasteiger partial charge in [0.05, 0.1) is 19.2 Å². The number of hydrogen-bond acceptors (Lipinski definition) is 5. The standard InChI is InChI=1S/C22H24N4O3/c1-15-4-6-17(7-5-15)20-12-19(16-8-10-18(29-3)11-9-16)25(21(27)13-28-2)22-23-14-24-26(20)22/h4-11,14,19-20H,12-13H2,1-3H3/t19-,20-/m0/s1. The van der Waals surface area contributed by atoms with Crippen LogP contribution in [0.4, 0.5) is 5.95 Å². The van der Waals surface area contributed by atoms with E-state index in [0.717, 1.165) is 16.9 Å². The Morgan fingerprint density at radius 1 is 1.03 bits per heavy atom. The highest BCUT2D eigenvalue weighted by atomic mass is 16.5. The summed E-state index contributed by atoms with van der Waals surface area (Å²) in [5.41, 5.74) is 3.35. The minimum absolute atomic E-state index is 0.0191. The number of benzene rings is 2. The molecule has 150 valence electrons. The lowest BCUT2D eigenvalue weighted by Crippen LogP contribution is -2.44. The summed E-state index contributed by atoms with van der Waals surface area (Å²) >= 11 is 0. The molecule has 4 rings (SSSR count). The Balaban J connectivity index is 1.80. The van der Waals surface area contributed by atoms with Gasteiger partial charge in [0.2, 0.25) is 5.95 Å². The molecule has 2 aromatic carbocycles. The first kappa shape index (κ1) is 19.1. The van der Waals surface area contributed by atoms with Gasteiger partial charge in [0.1, 0.15) is 18.7 Å². The summed E-state index contributed by atoms with van der Waals surface area (Å²) in [5.74, 6) is 1.16. The fraction of sp³-hybridized carbons (Fsp3) is 0.318. The van der Waals surface area contributed by atoms with E-state index >= 15 is 0 Å². The van der Waals surface area contributed by atoms with Crippen molar-refractivity contribution in [2.75, 3.05) is 25.7 Å². The Bertz CT molecular complexity index is 982. The summed E-state index contributed by atoms with van der Waals surface area (Å²) in [5, 5.41) is 4.44. The van der Waals surface area contributed by atoms with Gasteiger partial charge in [-0.15, -0.1) is 0 Å². The van der Waals surface area contributed by atoms with E-state index in [-0.39, 0.29) is 24.6 Å². The Labute approximate surface area is 169 Å². The van der Waals surface area contributed by atoms with Crippen LogP contribution in [0.1, 0.15) is 35.2 Å². The second kappa shape index (κ2) is 8.05. The van der Waals surface area contributed by atoms with Crippen molar-refractivity contribution in [3.05, 3.63) is 71.5 Å². The third-order valence-electron chi connectivity index (χ3n) is 5.32. The average molecular weight is 392 g/mol. The van der Waals surface area contributed by atoms with Crippen LogP contribution >= 0.6 is 0 Å². The summed E-state index contributed by atoms with van der Waals surface area (Å²) in [6, 6.07) is 16.0. The van der Waals surface area contributed by atoms with Gasteiger partial charge in [-0.2, -0.15) is 10.1 Å². The van der Waals surface area contributed by atoms with Gasteiger partial charge in [-0.1, -0.05) is 42.0 Å². The molecule has 7 heteroatoms. The molecule has 1 aliphatic heterocycles. The maximum absolute atomic E-state index is 12.9. The molecule has 1 amide bonds. The van der Waals surface area contributed by atoms with Crippen molar-refractivity contribution in [3.8, 4) is 5.75 Å². The van der Waals surface area contributed by atoms with Crippen molar-refractivity contribution in [1.82, 2.24) is 14.8 Å². The van der Waals surface area contributed by atoms with Crippen LogP contribution in [0.2, 0.25) is 0 Å². The summed E-state index contributed by atoms with van der Waals surface area (Å²) in [7, 11) is 3.16. The highest BCUT2D eigenvalue weighted by molar-refractivity contribution is 5.93. The number of methoxy groups -OCH3 is 2. The van der Waals surface area contributed by atoms with Crippen LogP contribution in [0.5, 0.6) is 5.75 Å². The van der Waals surface area contributed by atoms with Crippen LogP contribution in [-0.4, -0.2) is 41.5 Å². The molecule has 0 radical (unpaired) electrons. The molecule has 0 aliphatic carbocycles. The van der Waals surface area contributed by atoms with E-state index in [1.54, 1.807) is 12.0 Å². The molecule has 3 aromatic rings.